The number of carbonyl (C=O) groups excluding carboxylic acids is 1. The number of amides is 1. The Morgan fingerprint density at radius 3 is 2.29 bits per heavy atom. The van der Waals surface area contributed by atoms with E-state index in [1.807, 2.05) is 30.3 Å². The minimum atomic E-state index is -0.646. The lowest BCUT2D eigenvalue weighted by molar-refractivity contribution is -0.118. The molecule has 110 valence electrons. The Hall–Kier alpha value is -2.69. The average Bonchev–Trinajstić information content (AvgIpc) is 2.52. The summed E-state index contributed by atoms with van der Waals surface area (Å²) in [5.41, 5.74) is 7.03. The number of methoxy groups -OCH3 is 2. The first kappa shape index (κ1) is 14.7. The summed E-state index contributed by atoms with van der Waals surface area (Å²) in [6.45, 7) is 0. The van der Waals surface area contributed by atoms with Crippen LogP contribution in [0.5, 0.6) is 11.5 Å². The van der Waals surface area contributed by atoms with Gasteiger partial charge in [0.05, 0.1) is 14.2 Å². The summed E-state index contributed by atoms with van der Waals surface area (Å²) in [7, 11) is 3.11. The lowest BCUT2D eigenvalue weighted by Crippen LogP contribution is -2.27. The molecule has 0 bridgehead atoms. The zero-order chi connectivity index (χ0) is 15.2. The van der Waals surface area contributed by atoms with Gasteiger partial charge >= 0.3 is 0 Å². The second-order valence-electron chi connectivity index (χ2n) is 4.46. The quantitative estimate of drug-likeness (QED) is 0.855. The first-order valence-corrected chi connectivity index (χ1v) is 6.48. The van der Waals surface area contributed by atoms with Crippen molar-refractivity contribution in [3.8, 4) is 11.5 Å². The van der Waals surface area contributed by atoms with Gasteiger partial charge in [0.15, 0.2) is 11.5 Å². The molecule has 0 aliphatic rings. The molecule has 0 fully saturated rings. The molecule has 0 saturated carbocycles. The molecule has 0 aliphatic heterocycles. The third-order valence-electron chi connectivity index (χ3n) is 3.11. The van der Waals surface area contributed by atoms with Gasteiger partial charge in [-0.3, -0.25) is 4.79 Å². The standard InChI is InChI=1S/C16H18N2O3/c1-20-13-9-8-11(10-14(13)21-2)15(16(17)19)18-12-6-4-3-5-7-12/h3-10,15,18H,1-2H3,(H2,17,19). The van der Waals surface area contributed by atoms with Crippen LogP contribution in [0.1, 0.15) is 11.6 Å². The summed E-state index contributed by atoms with van der Waals surface area (Å²) in [5, 5.41) is 3.11. The number of hydrogen-bond acceptors (Lipinski definition) is 4. The Labute approximate surface area is 123 Å². The molecular weight excluding hydrogens is 268 g/mol. The number of ether oxygens (including phenoxy) is 2. The first-order chi connectivity index (χ1) is 10.2. The van der Waals surface area contributed by atoms with E-state index in [4.69, 9.17) is 15.2 Å². The van der Waals surface area contributed by atoms with Gasteiger partial charge in [-0.25, -0.2) is 0 Å². The van der Waals surface area contributed by atoms with E-state index in [9.17, 15) is 4.79 Å². The Balaban J connectivity index is 2.32. The van der Waals surface area contributed by atoms with Crippen molar-refractivity contribution in [2.24, 2.45) is 5.73 Å². The van der Waals surface area contributed by atoms with Crippen molar-refractivity contribution in [1.29, 1.82) is 0 Å². The molecule has 0 aromatic heterocycles. The molecule has 5 nitrogen and oxygen atoms in total. The van der Waals surface area contributed by atoms with E-state index in [1.54, 1.807) is 32.4 Å². The molecule has 2 aromatic carbocycles. The summed E-state index contributed by atoms with van der Waals surface area (Å²) < 4.78 is 10.4. The summed E-state index contributed by atoms with van der Waals surface area (Å²) in [6, 6.07) is 14.0. The van der Waals surface area contributed by atoms with Gasteiger partial charge in [0.25, 0.3) is 0 Å². The van der Waals surface area contributed by atoms with E-state index in [1.165, 1.54) is 0 Å². The highest BCUT2D eigenvalue weighted by molar-refractivity contribution is 5.84. The minimum Gasteiger partial charge on any atom is -0.493 e. The van der Waals surface area contributed by atoms with E-state index in [0.717, 1.165) is 5.69 Å². The van der Waals surface area contributed by atoms with Crippen LogP contribution in [0.4, 0.5) is 5.69 Å². The SMILES string of the molecule is COc1ccc(C(Nc2ccccc2)C(N)=O)cc1OC. The van der Waals surface area contributed by atoms with Crippen molar-refractivity contribution < 1.29 is 14.3 Å². The lowest BCUT2D eigenvalue weighted by atomic mass is 10.0. The fourth-order valence-electron chi connectivity index (χ4n) is 2.05. The van der Waals surface area contributed by atoms with Gasteiger partial charge in [-0.05, 0) is 29.8 Å². The molecule has 21 heavy (non-hydrogen) atoms. The number of primary amides is 1. The molecule has 1 atom stereocenters. The summed E-state index contributed by atoms with van der Waals surface area (Å²) in [4.78, 5) is 11.7. The third-order valence-corrected chi connectivity index (χ3v) is 3.11. The molecule has 5 heteroatoms. The van der Waals surface area contributed by atoms with Crippen LogP contribution in [0.15, 0.2) is 48.5 Å². The summed E-state index contributed by atoms with van der Waals surface area (Å²) in [5.74, 6) is 0.686. The maximum atomic E-state index is 11.7. The topological polar surface area (TPSA) is 73.6 Å². The maximum Gasteiger partial charge on any atom is 0.244 e. The molecule has 1 amide bonds. The van der Waals surface area contributed by atoms with Crippen molar-refractivity contribution in [2.75, 3.05) is 19.5 Å². The van der Waals surface area contributed by atoms with Crippen LogP contribution in [0.25, 0.3) is 0 Å². The fourth-order valence-corrected chi connectivity index (χ4v) is 2.05. The molecule has 0 saturated heterocycles. The van der Waals surface area contributed by atoms with E-state index in [2.05, 4.69) is 5.32 Å². The Bertz CT molecular complexity index is 614. The van der Waals surface area contributed by atoms with Crippen LogP contribution in [-0.4, -0.2) is 20.1 Å². The van der Waals surface area contributed by atoms with Crippen LogP contribution in [0.3, 0.4) is 0 Å². The zero-order valence-corrected chi connectivity index (χ0v) is 12.0. The molecule has 0 radical (unpaired) electrons. The second kappa shape index (κ2) is 6.65. The van der Waals surface area contributed by atoms with Crippen molar-refractivity contribution >= 4 is 11.6 Å². The number of nitrogens with two attached hydrogens (primary N) is 1. The largest absolute Gasteiger partial charge is 0.493 e. The molecule has 0 spiro atoms. The van der Waals surface area contributed by atoms with Crippen LogP contribution < -0.4 is 20.5 Å². The minimum absolute atomic E-state index is 0.467. The van der Waals surface area contributed by atoms with Gasteiger partial charge in [-0.1, -0.05) is 24.3 Å². The average molecular weight is 286 g/mol. The highest BCUT2D eigenvalue weighted by Gasteiger charge is 2.19. The summed E-state index contributed by atoms with van der Waals surface area (Å²) >= 11 is 0. The van der Waals surface area contributed by atoms with Gasteiger partial charge in [-0.15, -0.1) is 0 Å². The van der Waals surface area contributed by atoms with Gasteiger partial charge in [0, 0.05) is 5.69 Å². The molecule has 2 aromatic rings. The monoisotopic (exact) mass is 286 g/mol. The highest BCUT2D eigenvalue weighted by Crippen LogP contribution is 2.31. The van der Waals surface area contributed by atoms with Gasteiger partial charge in [0.1, 0.15) is 6.04 Å². The molecule has 0 heterocycles. The zero-order valence-electron chi connectivity index (χ0n) is 12.0. The van der Waals surface area contributed by atoms with E-state index in [-0.39, 0.29) is 0 Å². The van der Waals surface area contributed by atoms with Crippen molar-refractivity contribution in [3.05, 3.63) is 54.1 Å². The number of hydrogen-bond donors (Lipinski definition) is 2. The highest BCUT2D eigenvalue weighted by atomic mass is 16.5. The second-order valence-corrected chi connectivity index (χ2v) is 4.46. The molecular formula is C16H18N2O3. The van der Waals surface area contributed by atoms with Crippen molar-refractivity contribution in [2.45, 2.75) is 6.04 Å². The normalized spacial score (nSPS) is 11.5. The van der Waals surface area contributed by atoms with Crippen LogP contribution >= 0.6 is 0 Å². The number of carbonyl (C=O) groups is 1. The van der Waals surface area contributed by atoms with Crippen molar-refractivity contribution in [3.63, 3.8) is 0 Å². The smallest absolute Gasteiger partial charge is 0.244 e. The van der Waals surface area contributed by atoms with Crippen LogP contribution in [-0.2, 0) is 4.79 Å². The van der Waals surface area contributed by atoms with Gasteiger partial charge < -0.3 is 20.5 Å². The predicted molar refractivity (Wildman–Crippen MR) is 81.5 cm³/mol. The number of para-hydroxylation sites is 1. The fraction of sp³-hybridized carbons (Fsp3) is 0.188. The Morgan fingerprint density at radius 1 is 1.05 bits per heavy atom. The van der Waals surface area contributed by atoms with E-state index >= 15 is 0 Å². The lowest BCUT2D eigenvalue weighted by Gasteiger charge is -2.18. The number of anilines is 1. The Morgan fingerprint density at radius 2 is 1.71 bits per heavy atom. The van der Waals surface area contributed by atoms with Crippen molar-refractivity contribution in [1.82, 2.24) is 0 Å². The van der Waals surface area contributed by atoms with Gasteiger partial charge in [0.2, 0.25) is 5.91 Å². The molecule has 2 rings (SSSR count). The van der Waals surface area contributed by atoms with E-state index in [0.29, 0.717) is 17.1 Å². The maximum absolute atomic E-state index is 11.7. The summed E-state index contributed by atoms with van der Waals surface area (Å²) in [6.07, 6.45) is 0. The molecule has 1 unspecified atom stereocenters. The molecule has 3 N–H and O–H groups in total. The van der Waals surface area contributed by atoms with Gasteiger partial charge in [-0.2, -0.15) is 0 Å². The van der Waals surface area contributed by atoms with E-state index < -0.39 is 11.9 Å². The van der Waals surface area contributed by atoms with Crippen LogP contribution in [0, 0.1) is 0 Å². The number of rotatable bonds is 6. The third kappa shape index (κ3) is 3.45. The molecule has 0 aliphatic carbocycles. The predicted octanol–water partition coefficient (Wildman–Crippen LogP) is 2.34. The number of benzene rings is 2. The van der Waals surface area contributed by atoms with Crippen LogP contribution in [0.2, 0.25) is 0 Å². The number of nitrogens with one attached hydrogen (secondary N) is 1. The first-order valence-electron chi connectivity index (χ1n) is 6.48. The Kier molecular flexibility index (Phi) is 4.66.